The predicted molar refractivity (Wildman–Crippen MR) is 105 cm³/mol. The van der Waals surface area contributed by atoms with E-state index >= 15 is 0 Å². The molecule has 2 aromatic rings. The molecule has 0 bridgehead atoms. The third-order valence-electron chi connectivity index (χ3n) is 4.53. The largest absolute Gasteiger partial charge is 0.332 e. The summed E-state index contributed by atoms with van der Waals surface area (Å²) in [4.78, 5) is 18.5. The molecule has 0 spiro atoms. The Morgan fingerprint density at radius 2 is 1.80 bits per heavy atom. The van der Waals surface area contributed by atoms with Gasteiger partial charge in [-0.05, 0) is 43.8 Å². The Bertz CT molecular complexity index is 707. The van der Waals surface area contributed by atoms with Crippen LogP contribution in [0.15, 0.2) is 59.5 Å². The van der Waals surface area contributed by atoms with Crippen molar-refractivity contribution in [3.05, 3.63) is 65.2 Å². The van der Waals surface area contributed by atoms with Gasteiger partial charge in [0.2, 0.25) is 5.91 Å². The van der Waals surface area contributed by atoms with Crippen LogP contribution in [0.1, 0.15) is 18.5 Å². The first-order valence-electron chi connectivity index (χ1n) is 8.51. The summed E-state index contributed by atoms with van der Waals surface area (Å²) in [6.45, 7) is 4.53. The minimum absolute atomic E-state index is 0.112. The molecule has 5 heteroatoms. The molecule has 1 amide bonds. The maximum absolute atomic E-state index is 13.1. The van der Waals surface area contributed by atoms with Gasteiger partial charge in [-0.25, -0.2) is 0 Å². The molecule has 0 aliphatic carbocycles. The van der Waals surface area contributed by atoms with Crippen molar-refractivity contribution in [1.29, 1.82) is 0 Å². The molecule has 132 valence electrons. The second-order valence-corrected chi connectivity index (χ2v) is 8.29. The Labute approximate surface area is 159 Å². The fourth-order valence-electron chi connectivity index (χ4n) is 3.14. The number of hydrogen-bond acceptors (Lipinski definition) is 3. The Morgan fingerprint density at radius 1 is 1.12 bits per heavy atom. The number of carbonyl (C=O) groups excluding carboxylic acids is 1. The van der Waals surface area contributed by atoms with Gasteiger partial charge in [0.05, 0.1) is 11.3 Å². The molecule has 2 aromatic carbocycles. The number of benzene rings is 2. The third kappa shape index (κ3) is 4.57. The molecule has 3 rings (SSSR count). The maximum atomic E-state index is 13.1. The SMILES string of the molecule is C[C@@H](Sc1ccc(Cl)cc1)C(=O)N1CCN(C)C[C@H]1c1ccccc1. The third-order valence-corrected chi connectivity index (χ3v) is 5.88. The van der Waals surface area contributed by atoms with Crippen LogP contribution in [0.2, 0.25) is 5.02 Å². The zero-order valence-corrected chi connectivity index (χ0v) is 16.1. The number of halogens is 1. The molecular formula is C20H23ClN2OS. The second kappa shape index (κ2) is 8.26. The van der Waals surface area contributed by atoms with E-state index in [4.69, 9.17) is 11.6 Å². The molecule has 0 radical (unpaired) electrons. The first-order valence-corrected chi connectivity index (χ1v) is 9.76. The highest BCUT2D eigenvalue weighted by atomic mass is 35.5. The van der Waals surface area contributed by atoms with Crippen molar-refractivity contribution in [3.8, 4) is 0 Å². The highest BCUT2D eigenvalue weighted by molar-refractivity contribution is 8.00. The van der Waals surface area contributed by atoms with Gasteiger partial charge in [-0.2, -0.15) is 0 Å². The van der Waals surface area contributed by atoms with E-state index < -0.39 is 0 Å². The summed E-state index contributed by atoms with van der Waals surface area (Å²) < 4.78 is 0. The van der Waals surface area contributed by atoms with E-state index in [1.165, 1.54) is 5.56 Å². The smallest absolute Gasteiger partial charge is 0.236 e. The average molecular weight is 375 g/mol. The Kier molecular flexibility index (Phi) is 6.05. The highest BCUT2D eigenvalue weighted by Crippen LogP contribution is 2.30. The minimum Gasteiger partial charge on any atom is -0.332 e. The summed E-state index contributed by atoms with van der Waals surface area (Å²) in [7, 11) is 2.11. The van der Waals surface area contributed by atoms with Crippen LogP contribution < -0.4 is 0 Å². The van der Waals surface area contributed by atoms with Gasteiger partial charge in [0.1, 0.15) is 0 Å². The van der Waals surface area contributed by atoms with Gasteiger partial charge >= 0.3 is 0 Å². The average Bonchev–Trinajstić information content (AvgIpc) is 2.63. The molecule has 1 aliphatic rings. The number of amides is 1. The molecule has 0 unspecified atom stereocenters. The maximum Gasteiger partial charge on any atom is 0.236 e. The number of rotatable bonds is 4. The van der Waals surface area contributed by atoms with Crippen LogP contribution >= 0.6 is 23.4 Å². The second-order valence-electron chi connectivity index (χ2n) is 6.43. The van der Waals surface area contributed by atoms with Crippen LogP contribution in [-0.4, -0.2) is 47.6 Å². The molecule has 2 atom stereocenters. The highest BCUT2D eigenvalue weighted by Gasteiger charge is 2.32. The summed E-state index contributed by atoms with van der Waals surface area (Å²) >= 11 is 7.53. The molecule has 25 heavy (non-hydrogen) atoms. The van der Waals surface area contributed by atoms with Crippen molar-refractivity contribution in [2.75, 3.05) is 26.7 Å². The molecular weight excluding hydrogens is 352 g/mol. The lowest BCUT2D eigenvalue weighted by Crippen LogP contribution is -2.51. The van der Waals surface area contributed by atoms with Crippen LogP contribution in [0.25, 0.3) is 0 Å². The van der Waals surface area contributed by atoms with Gasteiger partial charge in [-0.15, -0.1) is 11.8 Å². The first kappa shape index (κ1) is 18.3. The molecule has 1 fully saturated rings. The number of piperazine rings is 1. The number of thioether (sulfide) groups is 1. The lowest BCUT2D eigenvalue weighted by Gasteiger charge is -2.41. The number of hydrogen-bond donors (Lipinski definition) is 0. The summed E-state index contributed by atoms with van der Waals surface area (Å²) in [5.74, 6) is 0.196. The molecule has 1 saturated heterocycles. The van der Waals surface area contributed by atoms with E-state index in [1.54, 1.807) is 11.8 Å². The lowest BCUT2D eigenvalue weighted by molar-refractivity contribution is -0.135. The van der Waals surface area contributed by atoms with Gasteiger partial charge in [0.15, 0.2) is 0 Å². The van der Waals surface area contributed by atoms with Gasteiger partial charge in [0.25, 0.3) is 0 Å². The summed E-state index contributed by atoms with van der Waals surface area (Å²) in [5.41, 5.74) is 1.20. The minimum atomic E-state index is -0.129. The van der Waals surface area contributed by atoms with Crippen molar-refractivity contribution >= 4 is 29.3 Å². The zero-order chi connectivity index (χ0) is 17.8. The molecule has 0 aromatic heterocycles. The van der Waals surface area contributed by atoms with E-state index in [2.05, 4.69) is 24.1 Å². The monoisotopic (exact) mass is 374 g/mol. The standard InChI is InChI=1S/C20H23ClN2OS/c1-15(25-18-10-8-17(21)9-11-18)20(24)23-13-12-22(2)14-19(23)16-6-4-3-5-7-16/h3-11,15,19H,12-14H2,1-2H3/t15-,19+/m1/s1. The van der Waals surface area contributed by atoms with Crippen molar-refractivity contribution in [2.24, 2.45) is 0 Å². The van der Waals surface area contributed by atoms with E-state index in [0.717, 1.165) is 24.5 Å². The van der Waals surface area contributed by atoms with Gasteiger partial charge in [-0.3, -0.25) is 4.79 Å². The van der Waals surface area contributed by atoms with Crippen LogP contribution in [-0.2, 0) is 4.79 Å². The number of carbonyl (C=O) groups is 1. The predicted octanol–water partition coefficient (Wildman–Crippen LogP) is 4.34. The number of likely N-dealkylation sites (N-methyl/N-ethyl adjacent to an activating group) is 1. The van der Waals surface area contributed by atoms with Gasteiger partial charge in [0, 0.05) is 29.6 Å². The van der Waals surface area contributed by atoms with Crippen LogP contribution in [0.3, 0.4) is 0 Å². The summed E-state index contributed by atoms with van der Waals surface area (Å²) in [5, 5.41) is 0.585. The zero-order valence-electron chi connectivity index (χ0n) is 14.6. The van der Waals surface area contributed by atoms with Gasteiger partial charge < -0.3 is 9.80 Å². The first-order chi connectivity index (χ1) is 12.0. The quantitative estimate of drug-likeness (QED) is 0.744. The summed E-state index contributed by atoms with van der Waals surface area (Å²) in [6.07, 6.45) is 0. The Morgan fingerprint density at radius 3 is 2.48 bits per heavy atom. The van der Waals surface area contributed by atoms with Crippen molar-refractivity contribution in [2.45, 2.75) is 23.1 Å². The lowest BCUT2D eigenvalue weighted by atomic mass is 10.0. The molecule has 0 N–H and O–H groups in total. The fourth-order valence-corrected chi connectivity index (χ4v) is 4.21. The Balaban J connectivity index is 1.75. The van der Waals surface area contributed by atoms with E-state index in [1.807, 2.05) is 54.3 Å². The molecule has 3 nitrogen and oxygen atoms in total. The van der Waals surface area contributed by atoms with Crippen molar-refractivity contribution < 1.29 is 4.79 Å². The van der Waals surface area contributed by atoms with Crippen LogP contribution in [0, 0.1) is 0 Å². The van der Waals surface area contributed by atoms with Crippen molar-refractivity contribution in [3.63, 3.8) is 0 Å². The summed E-state index contributed by atoms with van der Waals surface area (Å²) in [6, 6.07) is 18.1. The Hall–Kier alpha value is -1.49. The molecule has 1 heterocycles. The van der Waals surface area contributed by atoms with E-state index in [0.29, 0.717) is 5.02 Å². The van der Waals surface area contributed by atoms with Crippen LogP contribution in [0.4, 0.5) is 0 Å². The van der Waals surface area contributed by atoms with E-state index in [-0.39, 0.29) is 17.2 Å². The number of nitrogens with zero attached hydrogens (tertiary/aromatic N) is 2. The topological polar surface area (TPSA) is 23.6 Å². The fraction of sp³-hybridized carbons (Fsp3) is 0.350. The van der Waals surface area contributed by atoms with Gasteiger partial charge in [-0.1, -0.05) is 41.9 Å². The van der Waals surface area contributed by atoms with E-state index in [9.17, 15) is 4.79 Å². The normalized spacial score (nSPS) is 19.6. The van der Waals surface area contributed by atoms with Crippen LogP contribution in [0.5, 0.6) is 0 Å². The molecule has 0 saturated carbocycles. The van der Waals surface area contributed by atoms with Crippen molar-refractivity contribution in [1.82, 2.24) is 9.80 Å². The molecule has 1 aliphatic heterocycles.